The molecule has 0 aromatic heterocycles. The van der Waals surface area contributed by atoms with Crippen LogP contribution in [0.15, 0.2) is 29.2 Å². The summed E-state index contributed by atoms with van der Waals surface area (Å²) in [7, 11) is -3.25. The van der Waals surface area contributed by atoms with E-state index in [1.54, 1.807) is 31.2 Å². The normalized spacial score (nSPS) is 12.4. The van der Waals surface area contributed by atoms with Gasteiger partial charge < -0.3 is 10.4 Å². The summed E-state index contributed by atoms with van der Waals surface area (Å²) < 4.78 is 24.0. The van der Waals surface area contributed by atoms with Gasteiger partial charge in [-0.15, -0.1) is 0 Å². The summed E-state index contributed by atoms with van der Waals surface area (Å²) in [5.74, 6) is 0.0670. The van der Waals surface area contributed by atoms with E-state index < -0.39 is 15.4 Å². The number of nitrogens with one attached hydrogen (secondary N) is 1. The van der Waals surface area contributed by atoms with Gasteiger partial charge in [0.05, 0.1) is 21.9 Å². The number of benzene rings is 1. The number of sulfone groups is 1. The molecule has 0 aliphatic rings. The molecule has 0 atom stereocenters. The van der Waals surface area contributed by atoms with Gasteiger partial charge in [-0.1, -0.05) is 32.9 Å². The molecule has 0 aliphatic carbocycles. The second-order valence-electron chi connectivity index (χ2n) is 4.68. The summed E-state index contributed by atoms with van der Waals surface area (Å²) in [5.41, 5.74) is -0.243. The maximum Gasteiger partial charge on any atom is 0.180 e. The van der Waals surface area contributed by atoms with Crippen LogP contribution in [0.3, 0.4) is 0 Å². The average molecular weight is 285 g/mol. The molecule has 0 amide bonds. The fraction of sp³-hybridized carbons (Fsp3) is 0.571. The summed E-state index contributed by atoms with van der Waals surface area (Å²) in [5, 5.41) is 13.3. The van der Waals surface area contributed by atoms with E-state index in [1.165, 1.54) is 0 Å². The van der Waals surface area contributed by atoms with Crippen LogP contribution in [0.25, 0.3) is 0 Å². The van der Waals surface area contributed by atoms with Gasteiger partial charge in [0.15, 0.2) is 9.84 Å². The number of aliphatic hydroxyl groups is 1. The highest BCUT2D eigenvalue weighted by molar-refractivity contribution is 7.91. The van der Waals surface area contributed by atoms with Crippen molar-refractivity contribution in [2.24, 2.45) is 0 Å². The Morgan fingerprint density at radius 3 is 2.26 bits per heavy atom. The number of hydrogen-bond acceptors (Lipinski definition) is 4. The van der Waals surface area contributed by atoms with Crippen molar-refractivity contribution >= 4 is 15.5 Å². The number of hydrogen-bond donors (Lipinski definition) is 2. The third kappa shape index (κ3) is 3.94. The maximum atomic E-state index is 12.0. The lowest BCUT2D eigenvalue weighted by Gasteiger charge is -2.26. The molecule has 1 rings (SSSR count). The number of para-hydroxylation sites is 1. The van der Waals surface area contributed by atoms with Crippen molar-refractivity contribution in [3.8, 4) is 0 Å². The zero-order valence-electron chi connectivity index (χ0n) is 11.8. The molecule has 0 radical (unpaired) electrons. The first-order chi connectivity index (χ1) is 8.88. The van der Waals surface area contributed by atoms with Gasteiger partial charge in [0.1, 0.15) is 0 Å². The molecular weight excluding hydrogens is 262 g/mol. The van der Waals surface area contributed by atoms with E-state index in [9.17, 15) is 13.5 Å². The third-order valence-electron chi connectivity index (χ3n) is 3.53. The monoisotopic (exact) mass is 285 g/mol. The van der Waals surface area contributed by atoms with Crippen molar-refractivity contribution in [2.75, 3.05) is 17.6 Å². The molecule has 1 aromatic carbocycles. The SMILES string of the molecule is CCC(O)(CC)CNc1ccccc1S(=O)(=O)CC. The fourth-order valence-electron chi connectivity index (χ4n) is 1.80. The minimum absolute atomic E-state index is 0.0670. The van der Waals surface area contributed by atoms with Crippen LogP contribution in [-0.4, -0.2) is 31.4 Å². The first kappa shape index (κ1) is 16.0. The highest BCUT2D eigenvalue weighted by Gasteiger charge is 2.23. The van der Waals surface area contributed by atoms with Crippen molar-refractivity contribution in [3.63, 3.8) is 0 Å². The largest absolute Gasteiger partial charge is 0.388 e. The van der Waals surface area contributed by atoms with Gasteiger partial charge in [0, 0.05) is 6.54 Å². The molecule has 0 bridgehead atoms. The van der Waals surface area contributed by atoms with Gasteiger partial charge in [0.25, 0.3) is 0 Å². The smallest absolute Gasteiger partial charge is 0.180 e. The van der Waals surface area contributed by atoms with Crippen LogP contribution in [-0.2, 0) is 9.84 Å². The van der Waals surface area contributed by atoms with Crippen LogP contribution in [0.4, 0.5) is 5.69 Å². The lowest BCUT2D eigenvalue weighted by atomic mass is 9.97. The Bertz CT molecular complexity index is 507. The van der Waals surface area contributed by atoms with Crippen molar-refractivity contribution < 1.29 is 13.5 Å². The summed E-state index contributed by atoms with van der Waals surface area (Å²) >= 11 is 0. The van der Waals surface area contributed by atoms with Gasteiger partial charge in [-0.3, -0.25) is 0 Å². The van der Waals surface area contributed by atoms with Crippen molar-refractivity contribution in [3.05, 3.63) is 24.3 Å². The Morgan fingerprint density at radius 2 is 1.74 bits per heavy atom. The molecule has 0 fully saturated rings. The molecule has 4 nitrogen and oxygen atoms in total. The molecule has 19 heavy (non-hydrogen) atoms. The average Bonchev–Trinajstić information content (AvgIpc) is 2.45. The zero-order chi connectivity index (χ0) is 14.5. The first-order valence-electron chi connectivity index (χ1n) is 6.66. The van der Waals surface area contributed by atoms with Crippen LogP contribution in [0.2, 0.25) is 0 Å². The van der Waals surface area contributed by atoms with E-state index in [-0.39, 0.29) is 5.75 Å². The van der Waals surface area contributed by atoms with E-state index in [1.807, 2.05) is 13.8 Å². The Morgan fingerprint density at radius 1 is 1.16 bits per heavy atom. The zero-order valence-corrected chi connectivity index (χ0v) is 12.6. The molecule has 0 unspecified atom stereocenters. The standard InChI is InChI=1S/C14H23NO3S/c1-4-14(16,5-2)11-15-12-9-7-8-10-13(12)19(17,18)6-3/h7-10,15-16H,4-6,11H2,1-3H3. The van der Waals surface area contributed by atoms with Gasteiger partial charge in [0.2, 0.25) is 0 Å². The van der Waals surface area contributed by atoms with Crippen LogP contribution in [0.5, 0.6) is 0 Å². The quantitative estimate of drug-likeness (QED) is 0.807. The third-order valence-corrected chi connectivity index (χ3v) is 5.31. The van der Waals surface area contributed by atoms with Gasteiger partial charge in [-0.05, 0) is 25.0 Å². The van der Waals surface area contributed by atoms with Gasteiger partial charge >= 0.3 is 0 Å². The molecule has 0 saturated heterocycles. The maximum absolute atomic E-state index is 12.0. The molecule has 0 aliphatic heterocycles. The Balaban J connectivity index is 2.97. The molecule has 1 aromatic rings. The topological polar surface area (TPSA) is 66.4 Å². The molecule has 108 valence electrons. The summed E-state index contributed by atoms with van der Waals surface area (Å²) in [4.78, 5) is 0.298. The van der Waals surface area contributed by atoms with E-state index in [0.29, 0.717) is 30.0 Å². The van der Waals surface area contributed by atoms with Gasteiger partial charge in [-0.25, -0.2) is 8.42 Å². The fourth-order valence-corrected chi connectivity index (χ4v) is 2.87. The molecule has 5 heteroatoms. The van der Waals surface area contributed by atoms with E-state index in [4.69, 9.17) is 0 Å². The van der Waals surface area contributed by atoms with E-state index in [0.717, 1.165) is 0 Å². The lowest BCUT2D eigenvalue weighted by Crippen LogP contribution is -2.35. The summed E-state index contributed by atoms with van der Waals surface area (Å²) in [6, 6.07) is 6.82. The van der Waals surface area contributed by atoms with Crippen LogP contribution >= 0.6 is 0 Å². The summed E-state index contributed by atoms with van der Waals surface area (Å²) in [6.07, 6.45) is 1.25. The second kappa shape index (κ2) is 6.39. The Labute approximate surface area is 115 Å². The lowest BCUT2D eigenvalue weighted by molar-refractivity contribution is 0.0456. The minimum Gasteiger partial charge on any atom is -0.388 e. The Kier molecular flexibility index (Phi) is 5.38. The van der Waals surface area contributed by atoms with E-state index >= 15 is 0 Å². The van der Waals surface area contributed by atoms with Crippen molar-refractivity contribution in [2.45, 2.75) is 44.1 Å². The van der Waals surface area contributed by atoms with Crippen LogP contribution in [0.1, 0.15) is 33.6 Å². The van der Waals surface area contributed by atoms with Crippen LogP contribution in [0, 0.1) is 0 Å². The Hall–Kier alpha value is -1.07. The van der Waals surface area contributed by atoms with Crippen molar-refractivity contribution in [1.82, 2.24) is 0 Å². The second-order valence-corrected chi connectivity index (χ2v) is 6.93. The molecule has 0 spiro atoms. The van der Waals surface area contributed by atoms with Crippen molar-refractivity contribution in [1.29, 1.82) is 0 Å². The molecule has 2 N–H and O–H groups in total. The number of rotatable bonds is 7. The molecular formula is C14H23NO3S. The van der Waals surface area contributed by atoms with E-state index in [2.05, 4.69) is 5.32 Å². The predicted octanol–water partition coefficient (Wildman–Crippen LogP) is 2.44. The predicted molar refractivity (Wildman–Crippen MR) is 78.2 cm³/mol. The number of anilines is 1. The minimum atomic E-state index is -3.25. The molecule has 0 saturated carbocycles. The molecule has 0 heterocycles. The highest BCUT2D eigenvalue weighted by Crippen LogP contribution is 2.23. The first-order valence-corrected chi connectivity index (χ1v) is 8.31. The summed E-state index contributed by atoms with van der Waals surface area (Å²) in [6.45, 7) is 5.80. The van der Waals surface area contributed by atoms with Crippen LogP contribution < -0.4 is 5.32 Å². The van der Waals surface area contributed by atoms with Gasteiger partial charge in [-0.2, -0.15) is 0 Å². The highest BCUT2D eigenvalue weighted by atomic mass is 32.2.